The minimum absolute atomic E-state index is 0.110. The van der Waals surface area contributed by atoms with Crippen molar-refractivity contribution in [2.24, 2.45) is 11.7 Å². The van der Waals surface area contributed by atoms with Crippen LogP contribution in [0.2, 0.25) is 0 Å². The molecule has 1 aliphatic carbocycles. The molecule has 2 heteroatoms. The molecule has 104 valence electrons. The lowest BCUT2D eigenvalue weighted by Crippen LogP contribution is -2.36. The van der Waals surface area contributed by atoms with Crippen molar-refractivity contribution in [1.82, 2.24) is 0 Å². The zero-order chi connectivity index (χ0) is 13.3. The normalized spacial score (nSPS) is 30.5. The average Bonchev–Trinajstić information content (AvgIpc) is 2.81. The Labute approximate surface area is 116 Å². The van der Waals surface area contributed by atoms with Crippen LogP contribution in [0.3, 0.4) is 0 Å². The quantitative estimate of drug-likeness (QED) is 0.821. The van der Waals surface area contributed by atoms with Gasteiger partial charge in [0, 0.05) is 12.0 Å². The molecule has 1 heterocycles. The van der Waals surface area contributed by atoms with Crippen LogP contribution in [0.15, 0.2) is 18.2 Å². The fourth-order valence-corrected chi connectivity index (χ4v) is 3.63. The molecule has 2 N–H and O–H groups in total. The van der Waals surface area contributed by atoms with E-state index in [0.717, 1.165) is 37.5 Å². The Balaban J connectivity index is 1.83. The number of ether oxygens (including phenoxy) is 1. The first-order valence-corrected chi connectivity index (χ1v) is 7.76. The summed E-state index contributed by atoms with van der Waals surface area (Å²) in [4.78, 5) is 0. The number of hydrogen-bond acceptors (Lipinski definition) is 2. The third-order valence-electron chi connectivity index (χ3n) is 5.08. The molecule has 3 rings (SSSR count). The second-order valence-corrected chi connectivity index (χ2v) is 6.28. The molecule has 0 amide bonds. The van der Waals surface area contributed by atoms with E-state index in [1.165, 1.54) is 36.8 Å². The predicted octanol–water partition coefficient (Wildman–Crippen LogP) is 3.77. The van der Waals surface area contributed by atoms with Gasteiger partial charge in [0.05, 0.1) is 6.61 Å². The van der Waals surface area contributed by atoms with Crippen LogP contribution < -0.4 is 10.5 Å². The van der Waals surface area contributed by atoms with E-state index in [9.17, 15) is 0 Å². The number of fused-ring (bicyclic) bond motifs is 1. The fourth-order valence-electron chi connectivity index (χ4n) is 3.63. The van der Waals surface area contributed by atoms with Crippen LogP contribution in [-0.4, -0.2) is 6.61 Å². The van der Waals surface area contributed by atoms with Crippen LogP contribution in [0.5, 0.6) is 5.75 Å². The van der Waals surface area contributed by atoms with Crippen LogP contribution in [0.25, 0.3) is 0 Å². The van der Waals surface area contributed by atoms with Crippen molar-refractivity contribution in [1.29, 1.82) is 0 Å². The highest BCUT2D eigenvalue weighted by atomic mass is 16.5. The second-order valence-electron chi connectivity index (χ2n) is 6.28. The molecule has 2 unspecified atom stereocenters. The van der Waals surface area contributed by atoms with Gasteiger partial charge in [-0.05, 0) is 42.4 Å². The Hall–Kier alpha value is -1.02. The van der Waals surface area contributed by atoms with E-state index in [-0.39, 0.29) is 5.54 Å². The van der Waals surface area contributed by atoms with Crippen LogP contribution >= 0.6 is 0 Å². The number of hydrogen-bond donors (Lipinski definition) is 1. The van der Waals surface area contributed by atoms with E-state index in [4.69, 9.17) is 10.5 Å². The van der Waals surface area contributed by atoms with Crippen LogP contribution in [0.4, 0.5) is 0 Å². The summed E-state index contributed by atoms with van der Waals surface area (Å²) in [5.41, 5.74) is 9.31. The molecule has 0 spiro atoms. The molecule has 0 radical (unpaired) electrons. The third-order valence-corrected chi connectivity index (χ3v) is 5.08. The van der Waals surface area contributed by atoms with Crippen LogP contribution in [0, 0.1) is 5.92 Å². The molecule has 1 aromatic carbocycles. The molecular formula is C17H25NO. The summed E-state index contributed by atoms with van der Waals surface area (Å²) in [7, 11) is 0. The van der Waals surface area contributed by atoms with Gasteiger partial charge in [-0.25, -0.2) is 0 Å². The van der Waals surface area contributed by atoms with Gasteiger partial charge in [0.2, 0.25) is 0 Å². The lowest BCUT2D eigenvalue weighted by atomic mass is 9.82. The maximum atomic E-state index is 6.75. The smallest absolute Gasteiger partial charge is 0.122 e. The summed E-state index contributed by atoms with van der Waals surface area (Å²) in [6, 6.07) is 6.61. The van der Waals surface area contributed by atoms with Gasteiger partial charge in [0.1, 0.15) is 5.75 Å². The Morgan fingerprint density at radius 3 is 3.05 bits per heavy atom. The van der Waals surface area contributed by atoms with Gasteiger partial charge < -0.3 is 10.5 Å². The van der Waals surface area contributed by atoms with Crippen LogP contribution in [0.1, 0.15) is 56.6 Å². The van der Waals surface area contributed by atoms with E-state index >= 15 is 0 Å². The third kappa shape index (κ3) is 2.51. The van der Waals surface area contributed by atoms with E-state index in [2.05, 4.69) is 25.1 Å². The standard InChI is InChI=1S/C17H25NO/c1-2-13-4-3-9-17(18,10-7-13)15-5-6-16-14(12-15)8-11-19-16/h5-6,12-13H,2-4,7-11,18H2,1H3. The van der Waals surface area contributed by atoms with Crippen molar-refractivity contribution in [3.05, 3.63) is 29.3 Å². The summed E-state index contributed by atoms with van der Waals surface area (Å²) in [5.74, 6) is 1.94. The van der Waals surface area contributed by atoms with Gasteiger partial charge in [-0.2, -0.15) is 0 Å². The van der Waals surface area contributed by atoms with E-state index in [0.29, 0.717) is 0 Å². The fraction of sp³-hybridized carbons (Fsp3) is 0.647. The monoisotopic (exact) mass is 259 g/mol. The first-order valence-electron chi connectivity index (χ1n) is 7.76. The molecule has 0 saturated heterocycles. The first-order chi connectivity index (χ1) is 9.21. The van der Waals surface area contributed by atoms with Crippen molar-refractivity contribution in [3.63, 3.8) is 0 Å². The molecule has 2 atom stereocenters. The Morgan fingerprint density at radius 2 is 2.21 bits per heavy atom. The molecule has 2 nitrogen and oxygen atoms in total. The topological polar surface area (TPSA) is 35.2 Å². The average molecular weight is 259 g/mol. The minimum Gasteiger partial charge on any atom is -0.493 e. The zero-order valence-corrected chi connectivity index (χ0v) is 12.0. The van der Waals surface area contributed by atoms with E-state index in [1.807, 2.05) is 0 Å². The summed E-state index contributed by atoms with van der Waals surface area (Å²) in [6.45, 7) is 3.13. The van der Waals surface area contributed by atoms with Crippen molar-refractivity contribution in [2.45, 2.75) is 57.4 Å². The summed E-state index contributed by atoms with van der Waals surface area (Å²) < 4.78 is 5.59. The van der Waals surface area contributed by atoms with Gasteiger partial charge in [0.15, 0.2) is 0 Å². The lowest BCUT2D eigenvalue weighted by Gasteiger charge is -2.29. The predicted molar refractivity (Wildman–Crippen MR) is 78.4 cm³/mol. The minimum atomic E-state index is -0.110. The van der Waals surface area contributed by atoms with E-state index < -0.39 is 0 Å². The molecule has 1 aliphatic heterocycles. The molecule has 19 heavy (non-hydrogen) atoms. The Kier molecular flexibility index (Phi) is 3.53. The molecule has 1 saturated carbocycles. The van der Waals surface area contributed by atoms with Gasteiger partial charge in [-0.3, -0.25) is 0 Å². The highest BCUT2D eigenvalue weighted by molar-refractivity contribution is 5.42. The molecule has 1 aromatic rings. The molecule has 0 aromatic heterocycles. The highest BCUT2D eigenvalue weighted by Gasteiger charge is 2.31. The molecule has 1 fully saturated rings. The zero-order valence-electron chi connectivity index (χ0n) is 12.0. The number of nitrogens with two attached hydrogens (primary N) is 1. The Bertz CT molecular complexity index is 457. The largest absolute Gasteiger partial charge is 0.493 e. The van der Waals surface area contributed by atoms with Gasteiger partial charge in [-0.1, -0.05) is 38.3 Å². The molecular weight excluding hydrogens is 234 g/mol. The lowest BCUT2D eigenvalue weighted by molar-refractivity contribution is 0.356. The maximum absolute atomic E-state index is 6.75. The first kappa shape index (κ1) is 13.0. The highest BCUT2D eigenvalue weighted by Crippen LogP contribution is 2.38. The van der Waals surface area contributed by atoms with E-state index in [1.54, 1.807) is 0 Å². The number of rotatable bonds is 2. The van der Waals surface area contributed by atoms with Gasteiger partial charge in [0.25, 0.3) is 0 Å². The molecule has 0 bridgehead atoms. The van der Waals surface area contributed by atoms with Gasteiger partial charge in [-0.15, -0.1) is 0 Å². The summed E-state index contributed by atoms with van der Waals surface area (Å²) in [6.07, 6.45) is 8.49. The summed E-state index contributed by atoms with van der Waals surface area (Å²) >= 11 is 0. The second kappa shape index (κ2) is 5.16. The maximum Gasteiger partial charge on any atom is 0.122 e. The van der Waals surface area contributed by atoms with Gasteiger partial charge >= 0.3 is 0 Å². The SMILES string of the molecule is CCC1CCCC(N)(c2ccc3c(c2)CCO3)CC1. The summed E-state index contributed by atoms with van der Waals surface area (Å²) in [5, 5.41) is 0. The Morgan fingerprint density at radius 1 is 1.32 bits per heavy atom. The van der Waals surface area contributed by atoms with Crippen molar-refractivity contribution in [2.75, 3.05) is 6.61 Å². The van der Waals surface area contributed by atoms with Crippen molar-refractivity contribution in [3.8, 4) is 5.75 Å². The van der Waals surface area contributed by atoms with Crippen LogP contribution in [-0.2, 0) is 12.0 Å². The van der Waals surface area contributed by atoms with Crippen molar-refractivity contribution >= 4 is 0 Å². The van der Waals surface area contributed by atoms with Crippen molar-refractivity contribution < 1.29 is 4.74 Å². The number of benzene rings is 1. The molecule has 2 aliphatic rings.